The van der Waals surface area contributed by atoms with Crippen LogP contribution >= 0.6 is 0 Å². The molecule has 40 heavy (non-hydrogen) atoms. The van der Waals surface area contributed by atoms with Gasteiger partial charge < -0.3 is 10.2 Å². The molecule has 0 radical (unpaired) electrons. The van der Waals surface area contributed by atoms with Gasteiger partial charge in [-0.05, 0) is 97.3 Å². The summed E-state index contributed by atoms with van der Waals surface area (Å²) in [5, 5.41) is 20.7. The number of aliphatic carboxylic acids is 1. The highest BCUT2D eigenvalue weighted by atomic mass is 16.4. The number of nitrogens with zero attached hydrogens (tertiary/aromatic N) is 3. The first-order valence-corrected chi connectivity index (χ1v) is 14.1. The van der Waals surface area contributed by atoms with E-state index in [-0.39, 0.29) is 18.3 Å². The van der Waals surface area contributed by atoms with E-state index >= 15 is 0 Å². The van der Waals surface area contributed by atoms with E-state index in [0.29, 0.717) is 25.0 Å². The molecule has 0 aromatic carbocycles. The Balaban J connectivity index is 1.60. The first-order valence-electron chi connectivity index (χ1n) is 14.1. The van der Waals surface area contributed by atoms with Crippen LogP contribution in [0.25, 0.3) is 0 Å². The molecule has 4 aliphatic heterocycles. The number of fused-ring (bicyclic) bond motifs is 5. The number of aliphatic hydroxyl groups is 1. The fourth-order valence-corrected chi connectivity index (χ4v) is 6.98. The third-order valence-electron chi connectivity index (χ3n) is 9.29. The van der Waals surface area contributed by atoms with Crippen molar-refractivity contribution in [3.63, 3.8) is 0 Å². The Kier molecular flexibility index (Phi) is 6.25. The first-order chi connectivity index (χ1) is 19.1. The van der Waals surface area contributed by atoms with Gasteiger partial charge in [0.05, 0.1) is 22.8 Å². The number of allylic oxidation sites excluding steroid dienone is 13. The SMILES string of the molecule is C=CC1=C(C)C2=NC1=CC1=NC(=CC3=C(C)C4=C(O)CC(=C4C3)C3=NC(=C2)[C@@H](C)[C@@H]3CCC(=O)O)C(CC)=C1C. The molecule has 6 rings (SSSR count). The van der Waals surface area contributed by atoms with E-state index in [1.807, 2.05) is 6.08 Å². The number of carboxylic acid groups (broad SMARTS) is 1. The van der Waals surface area contributed by atoms with Gasteiger partial charge in [0, 0.05) is 47.2 Å². The van der Waals surface area contributed by atoms with Crippen molar-refractivity contribution in [3.05, 3.63) is 104 Å². The fourth-order valence-electron chi connectivity index (χ4n) is 6.98. The molecule has 0 aromatic rings. The van der Waals surface area contributed by atoms with Gasteiger partial charge in [0.1, 0.15) is 5.76 Å². The molecule has 0 saturated heterocycles. The second-order valence-corrected chi connectivity index (χ2v) is 11.4. The zero-order chi connectivity index (χ0) is 28.5. The third-order valence-corrected chi connectivity index (χ3v) is 9.29. The van der Waals surface area contributed by atoms with E-state index in [4.69, 9.17) is 15.0 Å². The minimum absolute atomic E-state index is 0.0229. The van der Waals surface area contributed by atoms with Crippen molar-refractivity contribution in [2.45, 2.75) is 66.7 Å². The molecule has 204 valence electrons. The van der Waals surface area contributed by atoms with Crippen molar-refractivity contribution in [1.82, 2.24) is 0 Å². The summed E-state index contributed by atoms with van der Waals surface area (Å²) in [7, 11) is 0. The van der Waals surface area contributed by atoms with Gasteiger partial charge >= 0.3 is 5.97 Å². The predicted molar refractivity (Wildman–Crippen MR) is 161 cm³/mol. The number of hydrogen-bond acceptors (Lipinski definition) is 5. The van der Waals surface area contributed by atoms with E-state index in [0.717, 1.165) is 85.2 Å². The van der Waals surface area contributed by atoms with Gasteiger partial charge in [-0.15, -0.1) is 0 Å². The summed E-state index contributed by atoms with van der Waals surface area (Å²) in [6.07, 6.45) is 10.7. The van der Waals surface area contributed by atoms with E-state index in [2.05, 4.69) is 59.4 Å². The molecule has 6 heteroatoms. The van der Waals surface area contributed by atoms with Crippen molar-refractivity contribution >= 4 is 23.1 Å². The Morgan fingerprint density at radius 1 is 1.00 bits per heavy atom. The molecule has 2 aliphatic carbocycles. The Hall–Kier alpha value is -4.06. The molecule has 0 saturated carbocycles. The second-order valence-electron chi connectivity index (χ2n) is 11.4. The smallest absolute Gasteiger partial charge is 0.303 e. The quantitative estimate of drug-likeness (QED) is 0.381. The van der Waals surface area contributed by atoms with E-state index in [1.165, 1.54) is 5.57 Å². The lowest BCUT2D eigenvalue weighted by Gasteiger charge is -2.19. The van der Waals surface area contributed by atoms with Crippen molar-refractivity contribution in [2.24, 2.45) is 26.8 Å². The van der Waals surface area contributed by atoms with Gasteiger partial charge in [-0.1, -0.05) is 26.5 Å². The molecule has 0 aromatic heterocycles. The maximum atomic E-state index is 11.6. The Morgan fingerprint density at radius 2 is 1.73 bits per heavy atom. The number of hydrogen-bond donors (Lipinski definition) is 2. The van der Waals surface area contributed by atoms with Gasteiger partial charge in [-0.2, -0.15) is 0 Å². The van der Waals surface area contributed by atoms with Crippen molar-refractivity contribution in [2.75, 3.05) is 0 Å². The largest absolute Gasteiger partial charge is 0.511 e. The summed E-state index contributed by atoms with van der Waals surface area (Å²) in [6.45, 7) is 14.6. The van der Waals surface area contributed by atoms with Crippen LogP contribution in [0.1, 0.15) is 66.7 Å². The van der Waals surface area contributed by atoms with Crippen molar-refractivity contribution in [1.29, 1.82) is 0 Å². The normalized spacial score (nSPS) is 25.5. The van der Waals surface area contributed by atoms with Crippen LogP contribution in [0.5, 0.6) is 0 Å². The number of aliphatic hydroxyl groups excluding tert-OH is 1. The Bertz CT molecular complexity index is 1660. The van der Waals surface area contributed by atoms with E-state index < -0.39 is 5.97 Å². The summed E-state index contributed by atoms with van der Waals surface area (Å²) in [5.74, 6) is -0.456. The molecule has 2 atom stereocenters. The average molecular weight is 534 g/mol. The lowest BCUT2D eigenvalue weighted by atomic mass is 9.82. The highest BCUT2D eigenvalue weighted by molar-refractivity contribution is 6.17. The molecule has 0 unspecified atom stereocenters. The van der Waals surface area contributed by atoms with E-state index in [9.17, 15) is 15.0 Å². The lowest BCUT2D eigenvalue weighted by Crippen LogP contribution is -2.20. The van der Waals surface area contributed by atoms with Gasteiger partial charge in [-0.25, -0.2) is 9.98 Å². The maximum absolute atomic E-state index is 11.6. The van der Waals surface area contributed by atoms with Gasteiger partial charge in [0.2, 0.25) is 0 Å². The number of carbonyl (C=O) groups is 1. The molecular formula is C34H35N3O3. The maximum Gasteiger partial charge on any atom is 0.303 e. The van der Waals surface area contributed by atoms with Crippen molar-refractivity contribution in [3.8, 4) is 0 Å². The number of aliphatic imine (C=N–C) groups is 3. The van der Waals surface area contributed by atoms with Crippen LogP contribution in [0.2, 0.25) is 0 Å². The van der Waals surface area contributed by atoms with Crippen LogP contribution in [0, 0.1) is 11.8 Å². The van der Waals surface area contributed by atoms with Crippen LogP contribution in [0.3, 0.4) is 0 Å². The van der Waals surface area contributed by atoms with Crippen LogP contribution in [0.15, 0.2) is 119 Å². The summed E-state index contributed by atoms with van der Waals surface area (Å²) >= 11 is 0. The molecule has 4 heterocycles. The molecular weight excluding hydrogens is 498 g/mol. The second kappa shape index (κ2) is 9.54. The molecule has 0 spiro atoms. The highest BCUT2D eigenvalue weighted by Crippen LogP contribution is 2.50. The van der Waals surface area contributed by atoms with Crippen LogP contribution in [-0.2, 0) is 4.79 Å². The Labute approximate surface area is 235 Å². The van der Waals surface area contributed by atoms with Gasteiger partial charge in [-0.3, -0.25) is 9.79 Å². The number of carboxylic acids is 1. The third kappa shape index (κ3) is 3.92. The van der Waals surface area contributed by atoms with Crippen molar-refractivity contribution < 1.29 is 15.0 Å². The molecule has 0 amide bonds. The van der Waals surface area contributed by atoms with Gasteiger partial charge in [0.15, 0.2) is 0 Å². The zero-order valence-corrected chi connectivity index (χ0v) is 23.9. The molecule has 6 nitrogen and oxygen atoms in total. The standard InChI is InChI=1S/C34H35N3O3/c1-7-21-17(4)27-15-30-22(8-2)18(5)26(36-30)14-28-19(6)23(9-10-32(39)40)34(37-28)25-13-31(38)33-16(3)20(11-24(25)33)12-29(21)35-27/h8,12,14-15,19,23,38H,2,7,9-11,13H2,1,3-6H3,(H,39,40)/t19-,23-/m0/s1. The summed E-state index contributed by atoms with van der Waals surface area (Å²) < 4.78 is 0. The fraction of sp³-hybridized carbons (Fsp3) is 0.353. The number of rotatable bonds is 5. The minimum atomic E-state index is -0.809. The summed E-state index contributed by atoms with van der Waals surface area (Å²) in [6, 6.07) is 0. The summed E-state index contributed by atoms with van der Waals surface area (Å²) in [5.41, 5.74) is 15.1. The summed E-state index contributed by atoms with van der Waals surface area (Å²) in [4.78, 5) is 26.8. The lowest BCUT2D eigenvalue weighted by molar-refractivity contribution is -0.137. The zero-order valence-electron chi connectivity index (χ0n) is 23.9. The minimum Gasteiger partial charge on any atom is -0.511 e. The van der Waals surface area contributed by atoms with Crippen LogP contribution in [-0.4, -0.2) is 33.3 Å². The van der Waals surface area contributed by atoms with E-state index in [1.54, 1.807) is 0 Å². The first kappa shape index (κ1) is 26.2. The predicted octanol–water partition coefficient (Wildman–Crippen LogP) is 7.59. The topological polar surface area (TPSA) is 94.6 Å². The molecule has 8 bridgehead atoms. The Morgan fingerprint density at radius 3 is 2.42 bits per heavy atom. The van der Waals surface area contributed by atoms with Crippen LogP contribution < -0.4 is 0 Å². The highest BCUT2D eigenvalue weighted by Gasteiger charge is 2.40. The monoisotopic (exact) mass is 533 g/mol. The van der Waals surface area contributed by atoms with Gasteiger partial charge in [0.25, 0.3) is 0 Å². The molecule has 2 N–H and O–H groups in total. The van der Waals surface area contributed by atoms with Crippen LogP contribution in [0.4, 0.5) is 0 Å². The molecule has 6 aliphatic rings. The average Bonchev–Trinajstić information content (AvgIpc) is 3.65. The molecule has 0 fully saturated rings.